The second-order valence-corrected chi connectivity index (χ2v) is 4.31. The SMILES string of the molecule is CCOCCN(CCCN)C1CCCC1. The Labute approximate surface area is 94.0 Å². The summed E-state index contributed by atoms with van der Waals surface area (Å²) in [5.74, 6) is 0. The fraction of sp³-hybridized carbons (Fsp3) is 1.00. The normalized spacial score (nSPS) is 17.8. The van der Waals surface area contributed by atoms with Crippen LogP contribution in [0.2, 0.25) is 0 Å². The van der Waals surface area contributed by atoms with Gasteiger partial charge in [0.1, 0.15) is 0 Å². The minimum Gasteiger partial charge on any atom is -0.380 e. The number of hydrogen-bond donors (Lipinski definition) is 1. The van der Waals surface area contributed by atoms with Crippen molar-refractivity contribution in [2.75, 3.05) is 32.8 Å². The molecule has 0 heterocycles. The van der Waals surface area contributed by atoms with Crippen LogP contribution in [0.3, 0.4) is 0 Å². The second-order valence-electron chi connectivity index (χ2n) is 4.31. The predicted octanol–water partition coefficient (Wildman–Crippen LogP) is 1.62. The highest BCUT2D eigenvalue weighted by Crippen LogP contribution is 2.23. The minimum absolute atomic E-state index is 0.803. The van der Waals surface area contributed by atoms with Crippen molar-refractivity contribution in [2.24, 2.45) is 5.73 Å². The lowest BCUT2D eigenvalue weighted by molar-refractivity contribution is 0.0944. The number of nitrogens with zero attached hydrogens (tertiary/aromatic N) is 1. The lowest BCUT2D eigenvalue weighted by Crippen LogP contribution is -2.37. The third-order valence-electron chi connectivity index (χ3n) is 3.22. The zero-order valence-electron chi connectivity index (χ0n) is 10.1. The van der Waals surface area contributed by atoms with Gasteiger partial charge in [-0.05, 0) is 39.3 Å². The van der Waals surface area contributed by atoms with Gasteiger partial charge in [0.15, 0.2) is 0 Å². The van der Waals surface area contributed by atoms with Crippen molar-refractivity contribution in [3.8, 4) is 0 Å². The molecule has 15 heavy (non-hydrogen) atoms. The molecule has 0 unspecified atom stereocenters. The molecule has 0 aliphatic heterocycles. The first-order chi connectivity index (χ1) is 7.38. The van der Waals surface area contributed by atoms with Gasteiger partial charge in [0.25, 0.3) is 0 Å². The van der Waals surface area contributed by atoms with Crippen LogP contribution in [-0.4, -0.2) is 43.8 Å². The lowest BCUT2D eigenvalue weighted by Gasteiger charge is -2.28. The van der Waals surface area contributed by atoms with E-state index in [0.29, 0.717) is 0 Å². The predicted molar refractivity (Wildman–Crippen MR) is 64.0 cm³/mol. The summed E-state index contributed by atoms with van der Waals surface area (Å²) in [6.45, 7) is 6.79. The summed E-state index contributed by atoms with van der Waals surface area (Å²) in [5.41, 5.74) is 5.57. The maximum atomic E-state index is 5.57. The van der Waals surface area contributed by atoms with E-state index in [1.807, 2.05) is 0 Å². The molecule has 1 fully saturated rings. The van der Waals surface area contributed by atoms with E-state index in [0.717, 1.165) is 45.3 Å². The molecule has 0 spiro atoms. The first kappa shape index (κ1) is 12.9. The molecular weight excluding hydrogens is 188 g/mol. The van der Waals surface area contributed by atoms with Crippen molar-refractivity contribution in [3.05, 3.63) is 0 Å². The molecule has 0 bridgehead atoms. The van der Waals surface area contributed by atoms with Crippen molar-refractivity contribution < 1.29 is 4.74 Å². The molecule has 0 atom stereocenters. The summed E-state index contributed by atoms with van der Waals surface area (Å²) >= 11 is 0. The van der Waals surface area contributed by atoms with E-state index in [4.69, 9.17) is 10.5 Å². The van der Waals surface area contributed by atoms with Gasteiger partial charge in [0.2, 0.25) is 0 Å². The molecule has 1 aliphatic rings. The van der Waals surface area contributed by atoms with Gasteiger partial charge >= 0.3 is 0 Å². The molecule has 0 aromatic carbocycles. The molecule has 3 nitrogen and oxygen atoms in total. The third-order valence-corrected chi connectivity index (χ3v) is 3.22. The average Bonchev–Trinajstić information content (AvgIpc) is 2.76. The quantitative estimate of drug-likeness (QED) is 0.624. The summed E-state index contributed by atoms with van der Waals surface area (Å²) in [4.78, 5) is 2.58. The van der Waals surface area contributed by atoms with E-state index in [-0.39, 0.29) is 0 Å². The van der Waals surface area contributed by atoms with Gasteiger partial charge in [0.05, 0.1) is 6.61 Å². The Morgan fingerprint density at radius 3 is 2.60 bits per heavy atom. The van der Waals surface area contributed by atoms with Crippen LogP contribution in [-0.2, 0) is 4.74 Å². The summed E-state index contributed by atoms with van der Waals surface area (Å²) in [6, 6.07) is 0.803. The Morgan fingerprint density at radius 1 is 1.27 bits per heavy atom. The molecular formula is C12H26N2O. The van der Waals surface area contributed by atoms with E-state index < -0.39 is 0 Å². The second kappa shape index (κ2) is 8.08. The smallest absolute Gasteiger partial charge is 0.0593 e. The summed E-state index contributed by atoms with van der Waals surface area (Å²) < 4.78 is 5.43. The Balaban J connectivity index is 2.23. The molecule has 0 radical (unpaired) electrons. The van der Waals surface area contributed by atoms with E-state index in [1.165, 1.54) is 25.7 Å². The van der Waals surface area contributed by atoms with Crippen LogP contribution in [0.5, 0.6) is 0 Å². The highest BCUT2D eigenvalue weighted by Gasteiger charge is 2.21. The van der Waals surface area contributed by atoms with Gasteiger partial charge in [-0.15, -0.1) is 0 Å². The van der Waals surface area contributed by atoms with Gasteiger partial charge in [-0.3, -0.25) is 4.90 Å². The molecule has 3 heteroatoms. The fourth-order valence-corrected chi connectivity index (χ4v) is 2.37. The van der Waals surface area contributed by atoms with Crippen LogP contribution >= 0.6 is 0 Å². The third kappa shape index (κ3) is 4.96. The van der Waals surface area contributed by atoms with Crippen LogP contribution < -0.4 is 5.73 Å². The zero-order chi connectivity index (χ0) is 10.9. The lowest BCUT2D eigenvalue weighted by atomic mass is 10.2. The van der Waals surface area contributed by atoms with Crippen molar-refractivity contribution >= 4 is 0 Å². The summed E-state index contributed by atoms with van der Waals surface area (Å²) in [7, 11) is 0. The largest absolute Gasteiger partial charge is 0.380 e. The van der Waals surface area contributed by atoms with Gasteiger partial charge in [0, 0.05) is 19.2 Å². The molecule has 0 saturated heterocycles. The molecule has 90 valence electrons. The Kier molecular flexibility index (Phi) is 6.98. The summed E-state index contributed by atoms with van der Waals surface area (Å²) in [6.07, 6.45) is 6.66. The molecule has 0 amide bonds. The van der Waals surface area contributed by atoms with Gasteiger partial charge in [-0.1, -0.05) is 12.8 Å². The first-order valence-corrected chi connectivity index (χ1v) is 6.40. The van der Waals surface area contributed by atoms with Crippen LogP contribution in [0, 0.1) is 0 Å². The van der Waals surface area contributed by atoms with Gasteiger partial charge in [-0.25, -0.2) is 0 Å². The van der Waals surface area contributed by atoms with Crippen molar-refractivity contribution in [2.45, 2.75) is 45.1 Å². The number of ether oxygens (including phenoxy) is 1. The number of hydrogen-bond acceptors (Lipinski definition) is 3. The van der Waals surface area contributed by atoms with Crippen LogP contribution in [0.1, 0.15) is 39.0 Å². The molecule has 1 saturated carbocycles. The topological polar surface area (TPSA) is 38.5 Å². The molecule has 1 rings (SSSR count). The fourth-order valence-electron chi connectivity index (χ4n) is 2.37. The Bertz CT molecular complexity index is 147. The van der Waals surface area contributed by atoms with E-state index >= 15 is 0 Å². The van der Waals surface area contributed by atoms with E-state index in [2.05, 4.69) is 11.8 Å². The van der Waals surface area contributed by atoms with Crippen molar-refractivity contribution in [1.29, 1.82) is 0 Å². The highest BCUT2D eigenvalue weighted by molar-refractivity contribution is 4.77. The number of rotatable bonds is 8. The Hall–Kier alpha value is -0.120. The molecule has 0 aromatic heterocycles. The van der Waals surface area contributed by atoms with Crippen LogP contribution in [0.4, 0.5) is 0 Å². The Morgan fingerprint density at radius 2 is 2.00 bits per heavy atom. The summed E-state index contributed by atoms with van der Waals surface area (Å²) in [5, 5.41) is 0. The minimum atomic E-state index is 0.803. The standard InChI is InChI=1S/C12H26N2O/c1-2-15-11-10-14(9-5-8-13)12-6-3-4-7-12/h12H,2-11,13H2,1H3. The van der Waals surface area contributed by atoms with Crippen LogP contribution in [0.25, 0.3) is 0 Å². The van der Waals surface area contributed by atoms with Crippen molar-refractivity contribution in [3.63, 3.8) is 0 Å². The van der Waals surface area contributed by atoms with E-state index in [9.17, 15) is 0 Å². The van der Waals surface area contributed by atoms with Gasteiger partial charge < -0.3 is 10.5 Å². The van der Waals surface area contributed by atoms with Crippen LogP contribution in [0.15, 0.2) is 0 Å². The monoisotopic (exact) mass is 214 g/mol. The van der Waals surface area contributed by atoms with Gasteiger partial charge in [-0.2, -0.15) is 0 Å². The average molecular weight is 214 g/mol. The number of nitrogens with two attached hydrogens (primary N) is 1. The molecule has 1 aliphatic carbocycles. The van der Waals surface area contributed by atoms with E-state index in [1.54, 1.807) is 0 Å². The highest BCUT2D eigenvalue weighted by atomic mass is 16.5. The maximum absolute atomic E-state index is 5.57. The first-order valence-electron chi connectivity index (χ1n) is 6.40. The zero-order valence-corrected chi connectivity index (χ0v) is 10.1. The van der Waals surface area contributed by atoms with Crippen molar-refractivity contribution in [1.82, 2.24) is 4.90 Å². The molecule has 0 aromatic rings. The maximum Gasteiger partial charge on any atom is 0.0593 e. The molecule has 2 N–H and O–H groups in total.